The number of rotatable bonds is 4. The number of carbonyl (C=O) groups excluding carboxylic acids is 1. The largest absolute Gasteiger partial charge is 0.467 e. The molecule has 3 heterocycles. The third-order valence-corrected chi connectivity index (χ3v) is 4.74. The summed E-state index contributed by atoms with van der Waals surface area (Å²) in [5.41, 5.74) is 0. The molecule has 1 aliphatic heterocycles. The van der Waals surface area contributed by atoms with Crippen molar-refractivity contribution >= 4 is 21.9 Å². The van der Waals surface area contributed by atoms with Gasteiger partial charge < -0.3 is 13.8 Å². The van der Waals surface area contributed by atoms with Crippen LogP contribution in [0.3, 0.4) is 0 Å². The van der Waals surface area contributed by atoms with Gasteiger partial charge in [0, 0.05) is 12.8 Å². The third kappa shape index (κ3) is 4.59. The summed E-state index contributed by atoms with van der Waals surface area (Å²) in [6.45, 7) is 0.585. The summed E-state index contributed by atoms with van der Waals surface area (Å²) in [5, 5.41) is 6.12. The smallest absolute Gasteiger partial charge is 0.329 e. The first-order valence-corrected chi connectivity index (χ1v) is 10.1. The molecular formula is C15H20N4O5S. The molecule has 2 aromatic rings. The van der Waals surface area contributed by atoms with Gasteiger partial charge in [-0.3, -0.25) is 5.32 Å². The molecule has 1 N–H and O–H groups in total. The van der Waals surface area contributed by atoms with Gasteiger partial charge in [0.25, 0.3) is 0 Å². The molecule has 136 valence electrons. The maximum atomic E-state index is 12.6. The zero-order valence-corrected chi connectivity index (χ0v) is 14.7. The van der Waals surface area contributed by atoms with Crippen molar-refractivity contribution in [3.8, 4) is 0 Å². The van der Waals surface area contributed by atoms with Gasteiger partial charge in [-0.25, -0.2) is 13.2 Å². The third-order valence-electron chi connectivity index (χ3n) is 3.96. The summed E-state index contributed by atoms with van der Waals surface area (Å²) in [6, 6.07) is 3.00. The molecule has 1 fully saturated rings. The second kappa shape index (κ2) is 7.26. The van der Waals surface area contributed by atoms with Gasteiger partial charge >= 0.3 is 12.0 Å². The minimum absolute atomic E-state index is 0.0104. The Kier molecular flexibility index (Phi) is 5.07. The fraction of sp³-hybridized carbons (Fsp3) is 0.533. The lowest BCUT2D eigenvalue weighted by Crippen LogP contribution is -2.38. The van der Waals surface area contributed by atoms with Crippen LogP contribution >= 0.6 is 0 Å². The van der Waals surface area contributed by atoms with Gasteiger partial charge in [-0.1, -0.05) is 18.0 Å². The molecular weight excluding hydrogens is 348 g/mol. The van der Waals surface area contributed by atoms with Gasteiger partial charge in [-0.05, 0) is 25.0 Å². The number of hydrogen-bond donors (Lipinski definition) is 1. The fourth-order valence-corrected chi connectivity index (χ4v) is 3.48. The Labute approximate surface area is 145 Å². The quantitative estimate of drug-likeness (QED) is 0.880. The van der Waals surface area contributed by atoms with Gasteiger partial charge in [0.05, 0.1) is 12.3 Å². The molecule has 0 unspecified atom stereocenters. The Morgan fingerprint density at radius 2 is 2.24 bits per heavy atom. The number of carbonyl (C=O) groups is 1. The first-order valence-electron chi connectivity index (χ1n) is 8.04. The Hall–Kier alpha value is -2.36. The number of urea groups is 1. The van der Waals surface area contributed by atoms with Gasteiger partial charge in [0.15, 0.2) is 15.7 Å². The van der Waals surface area contributed by atoms with Crippen LogP contribution in [0.25, 0.3) is 0 Å². The summed E-state index contributed by atoms with van der Waals surface area (Å²) in [6.07, 6.45) is 6.42. The van der Waals surface area contributed by atoms with Crippen molar-refractivity contribution in [3.63, 3.8) is 0 Å². The Bertz CT molecular complexity index is 815. The van der Waals surface area contributed by atoms with E-state index in [2.05, 4.69) is 15.5 Å². The maximum absolute atomic E-state index is 12.6. The summed E-state index contributed by atoms with van der Waals surface area (Å²) >= 11 is 0. The van der Waals surface area contributed by atoms with E-state index in [1.54, 1.807) is 17.2 Å². The van der Waals surface area contributed by atoms with E-state index in [1.807, 2.05) is 6.07 Å². The van der Waals surface area contributed by atoms with Crippen LogP contribution in [0.1, 0.15) is 43.3 Å². The van der Waals surface area contributed by atoms with E-state index in [-0.39, 0.29) is 29.7 Å². The van der Waals surface area contributed by atoms with Gasteiger partial charge in [0.1, 0.15) is 11.5 Å². The van der Waals surface area contributed by atoms with E-state index in [4.69, 9.17) is 8.94 Å². The molecule has 0 bridgehead atoms. The lowest BCUT2D eigenvalue weighted by atomic mass is 10.1. The van der Waals surface area contributed by atoms with Crippen molar-refractivity contribution < 1.29 is 22.2 Å². The van der Waals surface area contributed by atoms with Crippen molar-refractivity contribution in [2.24, 2.45) is 0 Å². The maximum Gasteiger partial charge on any atom is 0.329 e. The number of likely N-dealkylation sites (tertiary alicyclic amines) is 1. The highest BCUT2D eigenvalue weighted by molar-refractivity contribution is 7.89. The average molecular weight is 368 g/mol. The molecule has 9 nitrogen and oxygen atoms in total. The number of nitrogens with one attached hydrogen (secondary N) is 1. The summed E-state index contributed by atoms with van der Waals surface area (Å²) < 4.78 is 32.9. The molecule has 0 saturated carbocycles. The van der Waals surface area contributed by atoms with Gasteiger partial charge in [0.2, 0.25) is 0 Å². The van der Waals surface area contributed by atoms with Gasteiger partial charge in [-0.15, -0.1) is 0 Å². The summed E-state index contributed by atoms with van der Waals surface area (Å²) in [5.74, 6) is 0.405. The lowest BCUT2D eigenvalue weighted by Gasteiger charge is -2.28. The standard InChI is InChI=1S/C15H20N4O5S/c1-25(21,22)10-13-16-14(24-18-13)17-15(20)19-8-4-2-3-6-11(19)12-7-5-9-23-12/h5,7,9,11H,2-4,6,8,10H2,1H3,(H,16,17,18,20)/t11-/m1/s1. The first kappa shape index (κ1) is 17.5. The topological polar surface area (TPSA) is 119 Å². The predicted octanol–water partition coefficient (Wildman–Crippen LogP) is 2.36. The van der Waals surface area contributed by atoms with Crippen LogP contribution in [0.2, 0.25) is 0 Å². The average Bonchev–Trinajstić information content (AvgIpc) is 3.13. The zero-order chi connectivity index (χ0) is 17.9. The molecule has 10 heteroatoms. The molecule has 0 spiro atoms. The van der Waals surface area contributed by atoms with Crippen LogP contribution in [-0.4, -0.2) is 42.3 Å². The lowest BCUT2D eigenvalue weighted by molar-refractivity contribution is 0.178. The molecule has 0 aliphatic carbocycles. The number of hydrogen-bond acceptors (Lipinski definition) is 7. The van der Waals surface area contributed by atoms with Gasteiger partial charge in [-0.2, -0.15) is 4.98 Å². The van der Waals surface area contributed by atoms with E-state index in [0.29, 0.717) is 6.54 Å². The van der Waals surface area contributed by atoms with Crippen molar-refractivity contribution in [1.82, 2.24) is 15.0 Å². The molecule has 0 radical (unpaired) electrons. The van der Waals surface area contributed by atoms with E-state index < -0.39 is 9.84 Å². The Balaban J connectivity index is 1.72. The SMILES string of the molecule is CS(=O)(=O)Cc1noc(NC(=O)N2CCCCC[C@@H]2c2ccco2)n1. The van der Waals surface area contributed by atoms with Crippen LogP contribution in [0.4, 0.5) is 10.8 Å². The number of nitrogens with zero attached hydrogens (tertiary/aromatic N) is 3. The number of amides is 2. The van der Waals surface area contributed by atoms with Crippen LogP contribution < -0.4 is 5.32 Å². The summed E-state index contributed by atoms with van der Waals surface area (Å²) in [4.78, 5) is 18.2. The van der Waals surface area contributed by atoms with Crippen molar-refractivity contribution in [1.29, 1.82) is 0 Å². The molecule has 3 rings (SSSR count). The van der Waals surface area contributed by atoms with Crippen molar-refractivity contribution in [2.45, 2.75) is 37.5 Å². The van der Waals surface area contributed by atoms with E-state index in [0.717, 1.165) is 37.7 Å². The molecule has 1 aliphatic rings. The van der Waals surface area contributed by atoms with Crippen LogP contribution in [0.15, 0.2) is 27.3 Å². The first-order chi connectivity index (χ1) is 11.9. The fourth-order valence-electron chi connectivity index (χ4n) is 2.89. The normalized spacial score (nSPS) is 18.8. The molecule has 2 amide bonds. The minimum atomic E-state index is -3.28. The van der Waals surface area contributed by atoms with Crippen molar-refractivity contribution in [3.05, 3.63) is 30.0 Å². The van der Waals surface area contributed by atoms with E-state index >= 15 is 0 Å². The Morgan fingerprint density at radius 3 is 2.96 bits per heavy atom. The number of furan rings is 1. The molecule has 1 saturated heterocycles. The van der Waals surface area contributed by atoms with Crippen LogP contribution in [0, 0.1) is 0 Å². The second-order valence-corrected chi connectivity index (χ2v) is 8.23. The Morgan fingerprint density at radius 1 is 1.40 bits per heavy atom. The molecule has 25 heavy (non-hydrogen) atoms. The monoisotopic (exact) mass is 368 g/mol. The number of aromatic nitrogens is 2. The van der Waals surface area contributed by atoms with Crippen LogP contribution in [-0.2, 0) is 15.6 Å². The number of sulfone groups is 1. The molecule has 1 atom stereocenters. The number of anilines is 1. The highest BCUT2D eigenvalue weighted by Gasteiger charge is 2.29. The molecule has 0 aromatic carbocycles. The summed E-state index contributed by atoms with van der Waals surface area (Å²) in [7, 11) is -3.28. The highest BCUT2D eigenvalue weighted by atomic mass is 32.2. The van der Waals surface area contributed by atoms with Crippen LogP contribution in [0.5, 0.6) is 0 Å². The van der Waals surface area contributed by atoms with E-state index in [1.165, 1.54) is 0 Å². The van der Waals surface area contributed by atoms with E-state index in [9.17, 15) is 13.2 Å². The predicted molar refractivity (Wildman–Crippen MR) is 88.5 cm³/mol. The van der Waals surface area contributed by atoms with Crippen molar-refractivity contribution in [2.75, 3.05) is 18.1 Å². The second-order valence-electron chi connectivity index (χ2n) is 6.09. The zero-order valence-electron chi connectivity index (χ0n) is 13.8. The molecule has 2 aromatic heterocycles. The highest BCUT2D eigenvalue weighted by Crippen LogP contribution is 2.30. The minimum Gasteiger partial charge on any atom is -0.467 e.